The third kappa shape index (κ3) is 6.41. The first-order valence-corrected chi connectivity index (χ1v) is 6.78. The normalized spacial score (nSPS) is 16.1. The number of amides is 3. The Bertz CT molecular complexity index is 370. The Balaban J connectivity index is 2.22. The first-order chi connectivity index (χ1) is 10.0. The van der Waals surface area contributed by atoms with Crippen molar-refractivity contribution in [2.24, 2.45) is 0 Å². The molecule has 3 amide bonds. The predicted molar refractivity (Wildman–Crippen MR) is 71.7 cm³/mol. The molecule has 1 aliphatic rings. The molecule has 0 aromatic heterocycles. The molecule has 120 valence electrons. The van der Waals surface area contributed by atoms with E-state index < -0.39 is 18.0 Å². The number of nitrogens with one attached hydrogen (secondary N) is 2. The zero-order chi connectivity index (χ0) is 15.7. The average Bonchev–Trinajstić information content (AvgIpc) is 2.47. The number of carboxylic acid groups (broad SMARTS) is 1. The average molecular weight is 303 g/mol. The van der Waals surface area contributed by atoms with Gasteiger partial charge in [0.2, 0.25) is 5.91 Å². The number of urea groups is 1. The van der Waals surface area contributed by atoms with Crippen LogP contribution in [0.3, 0.4) is 0 Å². The maximum atomic E-state index is 11.8. The quantitative estimate of drug-likeness (QED) is 0.447. The van der Waals surface area contributed by atoms with Gasteiger partial charge in [-0.15, -0.1) is 0 Å². The van der Waals surface area contributed by atoms with Crippen LogP contribution < -0.4 is 10.6 Å². The van der Waals surface area contributed by atoms with E-state index in [0.717, 1.165) is 0 Å². The number of aliphatic hydroxyl groups excluding tert-OH is 1. The molecule has 1 atom stereocenters. The SMILES string of the molecule is O=C(NCCC(=O)N1CCOCC1)N[C@H](CCO)C(=O)O. The number of carbonyl (C=O) groups excluding carboxylic acids is 2. The van der Waals surface area contributed by atoms with Crippen LogP contribution in [0.15, 0.2) is 0 Å². The topological polar surface area (TPSA) is 128 Å². The fourth-order valence-electron chi connectivity index (χ4n) is 1.85. The van der Waals surface area contributed by atoms with E-state index in [2.05, 4.69) is 10.6 Å². The molecule has 21 heavy (non-hydrogen) atoms. The molecule has 0 radical (unpaired) electrons. The first kappa shape index (κ1) is 17.2. The van der Waals surface area contributed by atoms with Crippen LogP contribution in [-0.2, 0) is 14.3 Å². The first-order valence-electron chi connectivity index (χ1n) is 6.78. The molecule has 9 nitrogen and oxygen atoms in total. The van der Waals surface area contributed by atoms with Gasteiger partial charge >= 0.3 is 12.0 Å². The van der Waals surface area contributed by atoms with Crippen LogP contribution in [0.5, 0.6) is 0 Å². The molecule has 0 saturated carbocycles. The van der Waals surface area contributed by atoms with Crippen molar-refractivity contribution < 1.29 is 29.3 Å². The summed E-state index contributed by atoms with van der Waals surface area (Å²) in [6.07, 6.45) is 0.0701. The van der Waals surface area contributed by atoms with Crippen LogP contribution in [0.2, 0.25) is 0 Å². The van der Waals surface area contributed by atoms with E-state index >= 15 is 0 Å². The van der Waals surface area contributed by atoms with Gasteiger partial charge in [-0.3, -0.25) is 4.79 Å². The molecule has 0 aromatic rings. The lowest BCUT2D eigenvalue weighted by molar-refractivity contribution is -0.139. The molecule has 0 bridgehead atoms. The van der Waals surface area contributed by atoms with Gasteiger partial charge in [0.1, 0.15) is 6.04 Å². The number of nitrogens with zero attached hydrogens (tertiary/aromatic N) is 1. The maximum absolute atomic E-state index is 11.8. The van der Waals surface area contributed by atoms with E-state index in [1.807, 2.05) is 0 Å². The molecule has 1 aliphatic heterocycles. The van der Waals surface area contributed by atoms with Gasteiger partial charge in [-0.1, -0.05) is 0 Å². The molecule has 1 rings (SSSR count). The van der Waals surface area contributed by atoms with E-state index in [-0.39, 0.29) is 31.9 Å². The summed E-state index contributed by atoms with van der Waals surface area (Å²) < 4.78 is 5.13. The Labute approximate surface area is 122 Å². The van der Waals surface area contributed by atoms with Crippen LogP contribution >= 0.6 is 0 Å². The monoisotopic (exact) mass is 303 g/mol. The fourth-order valence-corrected chi connectivity index (χ4v) is 1.85. The molecule has 0 unspecified atom stereocenters. The summed E-state index contributed by atoms with van der Waals surface area (Å²) in [6.45, 7) is 1.90. The second-order valence-electron chi connectivity index (χ2n) is 4.55. The van der Waals surface area contributed by atoms with Crippen molar-refractivity contribution in [2.45, 2.75) is 18.9 Å². The summed E-state index contributed by atoms with van der Waals surface area (Å²) in [5.74, 6) is -1.30. The van der Waals surface area contributed by atoms with Crippen molar-refractivity contribution >= 4 is 17.9 Å². The molecule has 0 aliphatic carbocycles. The molecule has 9 heteroatoms. The number of ether oxygens (including phenoxy) is 1. The standard InChI is InChI=1S/C12H21N3O6/c16-6-2-9(11(18)19)14-12(20)13-3-1-10(17)15-4-7-21-8-5-15/h9,16H,1-8H2,(H,18,19)(H2,13,14,20)/t9-/m1/s1. The number of morpholine rings is 1. The van der Waals surface area contributed by atoms with Crippen molar-refractivity contribution in [3.63, 3.8) is 0 Å². The highest BCUT2D eigenvalue weighted by Gasteiger charge is 2.20. The number of carbonyl (C=O) groups is 3. The Hall–Kier alpha value is -1.87. The van der Waals surface area contributed by atoms with Crippen LogP contribution in [-0.4, -0.2) is 78.5 Å². The lowest BCUT2D eigenvalue weighted by Crippen LogP contribution is -2.47. The Morgan fingerprint density at radius 2 is 1.90 bits per heavy atom. The summed E-state index contributed by atoms with van der Waals surface area (Å²) in [6, 6.07) is -1.82. The smallest absolute Gasteiger partial charge is 0.326 e. The number of hydrogen-bond acceptors (Lipinski definition) is 5. The van der Waals surface area contributed by atoms with Crippen molar-refractivity contribution in [2.75, 3.05) is 39.5 Å². The third-order valence-corrected chi connectivity index (χ3v) is 3.01. The minimum absolute atomic E-state index is 0.0739. The minimum atomic E-state index is -1.22. The largest absolute Gasteiger partial charge is 0.480 e. The number of aliphatic hydroxyl groups is 1. The minimum Gasteiger partial charge on any atom is -0.480 e. The van der Waals surface area contributed by atoms with Crippen molar-refractivity contribution in [3.05, 3.63) is 0 Å². The number of rotatable bonds is 7. The van der Waals surface area contributed by atoms with Crippen LogP contribution in [0.1, 0.15) is 12.8 Å². The van der Waals surface area contributed by atoms with Crippen molar-refractivity contribution in [1.29, 1.82) is 0 Å². The van der Waals surface area contributed by atoms with E-state index in [0.29, 0.717) is 26.3 Å². The second-order valence-corrected chi connectivity index (χ2v) is 4.55. The molecule has 1 saturated heterocycles. The van der Waals surface area contributed by atoms with E-state index in [4.69, 9.17) is 14.9 Å². The summed E-state index contributed by atoms with van der Waals surface area (Å²) in [5.41, 5.74) is 0. The summed E-state index contributed by atoms with van der Waals surface area (Å²) in [4.78, 5) is 35.7. The predicted octanol–water partition coefficient (Wildman–Crippen LogP) is -1.63. The highest BCUT2D eigenvalue weighted by molar-refractivity contribution is 5.83. The summed E-state index contributed by atoms with van der Waals surface area (Å²) in [7, 11) is 0. The zero-order valence-corrected chi connectivity index (χ0v) is 11.7. The number of aliphatic carboxylic acids is 1. The lowest BCUT2D eigenvalue weighted by atomic mass is 10.2. The molecule has 1 heterocycles. The molecule has 0 spiro atoms. The van der Waals surface area contributed by atoms with Gasteiger partial charge < -0.3 is 30.5 Å². The van der Waals surface area contributed by atoms with Gasteiger partial charge in [0.05, 0.1) is 13.2 Å². The number of carboxylic acids is 1. The Kier molecular flexibility index (Phi) is 7.48. The van der Waals surface area contributed by atoms with Crippen LogP contribution in [0, 0.1) is 0 Å². The molecule has 0 aromatic carbocycles. The van der Waals surface area contributed by atoms with Crippen LogP contribution in [0.4, 0.5) is 4.79 Å². The maximum Gasteiger partial charge on any atom is 0.326 e. The van der Waals surface area contributed by atoms with Gasteiger partial charge in [-0.05, 0) is 0 Å². The molecule has 1 fully saturated rings. The van der Waals surface area contributed by atoms with Crippen LogP contribution in [0.25, 0.3) is 0 Å². The molecule has 4 N–H and O–H groups in total. The molecular weight excluding hydrogens is 282 g/mol. The highest BCUT2D eigenvalue weighted by Crippen LogP contribution is 1.99. The Morgan fingerprint density at radius 1 is 1.24 bits per heavy atom. The fraction of sp³-hybridized carbons (Fsp3) is 0.750. The van der Waals surface area contributed by atoms with Crippen molar-refractivity contribution in [3.8, 4) is 0 Å². The summed E-state index contributed by atoms with van der Waals surface area (Å²) >= 11 is 0. The van der Waals surface area contributed by atoms with Gasteiger partial charge in [-0.25, -0.2) is 9.59 Å². The Morgan fingerprint density at radius 3 is 2.48 bits per heavy atom. The van der Waals surface area contributed by atoms with Gasteiger partial charge in [0.15, 0.2) is 0 Å². The third-order valence-electron chi connectivity index (χ3n) is 3.01. The second kappa shape index (κ2) is 9.14. The van der Waals surface area contributed by atoms with E-state index in [9.17, 15) is 14.4 Å². The van der Waals surface area contributed by atoms with Gasteiger partial charge in [0, 0.05) is 39.1 Å². The van der Waals surface area contributed by atoms with Gasteiger partial charge in [-0.2, -0.15) is 0 Å². The summed E-state index contributed by atoms with van der Waals surface area (Å²) in [5, 5.41) is 22.1. The highest BCUT2D eigenvalue weighted by atomic mass is 16.5. The van der Waals surface area contributed by atoms with E-state index in [1.165, 1.54) is 0 Å². The zero-order valence-electron chi connectivity index (χ0n) is 11.7. The van der Waals surface area contributed by atoms with E-state index in [1.54, 1.807) is 4.90 Å². The van der Waals surface area contributed by atoms with Crippen molar-refractivity contribution in [1.82, 2.24) is 15.5 Å². The molecular formula is C12H21N3O6. The number of hydrogen-bond donors (Lipinski definition) is 4. The lowest BCUT2D eigenvalue weighted by Gasteiger charge is -2.26. The van der Waals surface area contributed by atoms with Gasteiger partial charge in [0.25, 0.3) is 0 Å².